The van der Waals surface area contributed by atoms with E-state index in [1.54, 1.807) is 0 Å². The van der Waals surface area contributed by atoms with Crippen molar-refractivity contribution in [3.05, 3.63) is 60.8 Å². The van der Waals surface area contributed by atoms with Crippen molar-refractivity contribution in [1.29, 1.82) is 0 Å². The van der Waals surface area contributed by atoms with Gasteiger partial charge < -0.3 is 14.2 Å². The molecule has 0 aromatic heterocycles. The zero-order chi connectivity index (χ0) is 53.6. The minimum absolute atomic E-state index is 0.0713. The van der Waals surface area contributed by atoms with Crippen molar-refractivity contribution in [2.75, 3.05) is 13.2 Å². The molecule has 0 aromatic rings. The van der Waals surface area contributed by atoms with Crippen LogP contribution in [0.5, 0.6) is 0 Å². The number of rotatable bonds is 59. The summed E-state index contributed by atoms with van der Waals surface area (Å²) in [6.07, 6.45) is 79.4. The van der Waals surface area contributed by atoms with Gasteiger partial charge in [-0.15, -0.1) is 0 Å². The van der Waals surface area contributed by atoms with Crippen LogP contribution in [0.15, 0.2) is 60.8 Å². The van der Waals surface area contributed by atoms with Crippen LogP contribution in [-0.4, -0.2) is 37.2 Å². The van der Waals surface area contributed by atoms with Crippen molar-refractivity contribution in [2.24, 2.45) is 0 Å². The van der Waals surface area contributed by atoms with E-state index in [-0.39, 0.29) is 31.1 Å². The number of ether oxygens (including phenoxy) is 3. The van der Waals surface area contributed by atoms with Gasteiger partial charge in [0.25, 0.3) is 0 Å². The van der Waals surface area contributed by atoms with Gasteiger partial charge in [0.1, 0.15) is 13.2 Å². The first-order valence-corrected chi connectivity index (χ1v) is 32.3. The largest absolute Gasteiger partial charge is 0.462 e. The van der Waals surface area contributed by atoms with Crippen molar-refractivity contribution in [3.63, 3.8) is 0 Å². The Morgan fingerprint density at radius 2 is 0.527 bits per heavy atom. The van der Waals surface area contributed by atoms with Crippen LogP contribution >= 0.6 is 0 Å². The predicted molar refractivity (Wildman–Crippen MR) is 321 cm³/mol. The number of hydrogen-bond acceptors (Lipinski definition) is 6. The minimum Gasteiger partial charge on any atom is -0.462 e. The molecule has 1 atom stereocenters. The Morgan fingerprint density at radius 3 is 0.838 bits per heavy atom. The van der Waals surface area contributed by atoms with Gasteiger partial charge in [0.15, 0.2) is 6.10 Å². The normalized spacial score (nSPS) is 12.4. The van der Waals surface area contributed by atoms with E-state index in [1.165, 1.54) is 212 Å². The van der Waals surface area contributed by atoms with Gasteiger partial charge in [-0.2, -0.15) is 0 Å². The molecule has 0 rings (SSSR count). The number of unbranched alkanes of at least 4 members (excludes halogenated alkanes) is 38. The lowest BCUT2D eigenvalue weighted by molar-refractivity contribution is -0.167. The Kier molecular flexibility index (Phi) is 60.2. The molecule has 0 heterocycles. The molecule has 6 heteroatoms. The molecule has 0 aromatic carbocycles. The van der Waals surface area contributed by atoms with Gasteiger partial charge in [-0.05, 0) is 83.5 Å². The smallest absolute Gasteiger partial charge is 0.306 e. The summed E-state index contributed by atoms with van der Waals surface area (Å²) < 4.78 is 16.9. The van der Waals surface area contributed by atoms with Gasteiger partial charge in [-0.3, -0.25) is 14.4 Å². The molecule has 0 fully saturated rings. The third-order valence-corrected chi connectivity index (χ3v) is 14.3. The second-order valence-corrected chi connectivity index (χ2v) is 21.6. The van der Waals surface area contributed by atoms with Crippen LogP contribution in [-0.2, 0) is 28.6 Å². The van der Waals surface area contributed by atoms with Crippen LogP contribution in [0.3, 0.4) is 0 Å². The highest BCUT2D eigenvalue weighted by Gasteiger charge is 2.19. The summed E-state index contributed by atoms with van der Waals surface area (Å²) in [4.78, 5) is 38.3. The molecule has 0 amide bonds. The molecule has 0 aliphatic carbocycles. The first-order chi connectivity index (χ1) is 36.5. The zero-order valence-electron chi connectivity index (χ0n) is 49.4. The summed E-state index contributed by atoms with van der Waals surface area (Å²) in [6.45, 7) is 6.56. The van der Waals surface area contributed by atoms with E-state index in [2.05, 4.69) is 81.5 Å². The third kappa shape index (κ3) is 60.0. The highest BCUT2D eigenvalue weighted by atomic mass is 16.6. The van der Waals surface area contributed by atoms with E-state index < -0.39 is 6.10 Å². The fourth-order valence-corrected chi connectivity index (χ4v) is 9.43. The highest BCUT2D eigenvalue weighted by molar-refractivity contribution is 5.71. The molecular weight excluding hydrogens is 913 g/mol. The topological polar surface area (TPSA) is 78.9 Å². The third-order valence-electron chi connectivity index (χ3n) is 14.3. The van der Waals surface area contributed by atoms with Crippen LogP contribution < -0.4 is 0 Å². The molecule has 0 aliphatic heterocycles. The second kappa shape index (κ2) is 62.6. The fourth-order valence-electron chi connectivity index (χ4n) is 9.43. The maximum absolute atomic E-state index is 12.9. The van der Waals surface area contributed by atoms with Gasteiger partial charge in [-0.1, -0.05) is 293 Å². The highest BCUT2D eigenvalue weighted by Crippen LogP contribution is 2.17. The van der Waals surface area contributed by atoms with Gasteiger partial charge in [0.2, 0.25) is 0 Å². The van der Waals surface area contributed by atoms with E-state index >= 15 is 0 Å². The Labute approximate surface area is 460 Å². The summed E-state index contributed by atoms with van der Waals surface area (Å²) >= 11 is 0. The number of carbonyl (C=O) groups is 3. The van der Waals surface area contributed by atoms with E-state index in [0.29, 0.717) is 19.3 Å². The molecule has 0 radical (unpaired) electrons. The lowest BCUT2D eigenvalue weighted by Crippen LogP contribution is -2.30. The van der Waals surface area contributed by atoms with Crippen LogP contribution in [0, 0.1) is 0 Å². The minimum atomic E-state index is -0.774. The van der Waals surface area contributed by atoms with E-state index in [4.69, 9.17) is 14.2 Å². The first kappa shape index (κ1) is 71.1. The van der Waals surface area contributed by atoms with Crippen LogP contribution in [0.4, 0.5) is 0 Å². The van der Waals surface area contributed by atoms with Crippen molar-refractivity contribution < 1.29 is 28.6 Å². The summed E-state index contributed by atoms with van der Waals surface area (Å²) in [5, 5.41) is 0. The Balaban J connectivity index is 4.22. The standard InChI is InChI=1S/C68H122O6/c1-4-7-10-13-16-19-22-25-27-29-30-31-32-33-34-35-36-37-38-40-41-43-46-49-52-55-58-61-67(70)73-64-65(63-72-66(69)60-57-54-51-48-45-24-21-18-15-12-9-6-3)74-68(71)62-59-56-53-50-47-44-42-39-28-26-23-20-17-14-11-8-5-2/h7,10,16,19,25-28,30-31,65H,4-6,8-9,11-15,17-18,20-24,29,32-64H2,1-3H3/b10-7-,19-16-,27-25-,28-26-,31-30-. The Morgan fingerprint density at radius 1 is 0.284 bits per heavy atom. The number of hydrogen-bond donors (Lipinski definition) is 0. The SMILES string of the molecule is CC/C=C\C/C=C\C/C=C\C/C=C\CCCCCCCCCCCCCCCCC(=O)OCC(COC(=O)CCCCCCCCCCCCCC)OC(=O)CCCCCCCCC/C=C\CCCCCCCC. The fraction of sp³-hybridized carbons (Fsp3) is 0.809. The maximum atomic E-state index is 12.9. The Hall–Kier alpha value is -2.89. The van der Waals surface area contributed by atoms with E-state index in [0.717, 1.165) is 83.5 Å². The van der Waals surface area contributed by atoms with Crippen molar-refractivity contribution in [2.45, 2.75) is 341 Å². The van der Waals surface area contributed by atoms with E-state index in [9.17, 15) is 14.4 Å². The second-order valence-electron chi connectivity index (χ2n) is 21.6. The van der Waals surface area contributed by atoms with Crippen molar-refractivity contribution >= 4 is 17.9 Å². The molecule has 0 N–H and O–H groups in total. The summed E-state index contributed by atoms with van der Waals surface area (Å²) in [5.74, 6) is -0.858. The van der Waals surface area contributed by atoms with Gasteiger partial charge in [0.05, 0.1) is 0 Å². The quantitative estimate of drug-likeness (QED) is 0.0261. The molecule has 6 nitrogen and oxygen atoms in total. The lowest BCUT2D eigenvalue weighted by Gasteiger charge is -2.18. The molecule has 0 spiro atoms. The van der Waals surface area contributed by atoms with Crippen LogP contribution in [0.25, 0.3) is 0 Å². The predicted octanol–water partition coefficient (Wildman–Crippen LogP) is 21.9. The lowest BCUT2D eigenvalue weighted by atomic mass is 10.0. The van der Waals surface area contributed by atoms with Crippen LogP contribution in [0.2, 0.25) is 0 Å². The van der Waals surface area contributed by atoms with E-state index in [1.807, 2.05) is 0 Å². The summed E-state index contributed by atoms with van der Waals surface area (Å²) in [5.41, 5.74) is 0. The summed E-state index contributed by atoms with van der Waals surface area (Å²) in [6, 6.07) is 0. The zero-order valence-corrected chi connectivity index (χ0v) is 49.4. The molecule has 430 valence electrons. The monoisotopic (exact) mass is 1030 g/mol. The molecule has 0 saturated heterocycles. The van der Waals surface area contributed by atoms with Crippen LogP contribution in [0.1, 0.15) is 335 Å². The number of esters is 3. The molecule has 1 unspecified atom stereocenters. The molecular formula is C68H122O6. The molecule has 0 bridgehead atoms. The van der Waals surface area contributed by atoms with Gasteiger partial charge in [-0.25, -0.2) is 0 Å². The number of carbonyl (C=O) groups excluding carboxylic acids is 3. The molecule has 0 aliphatic rings. The van der Waals surface area contributed by atoms with Crippen molar-refractivity contribution in [3.8, 4) is 0 Å². The molecule has 74 heavy (non-hydrogen) atoms. The van der Waals surface area contributed by atoms with Crippen molar-refractivity contribution in [1.82, 2.24) is 0 Å². The average molecular weight is 1040 g/mol. The Bertz CT molecular complexity index is 1330. The number of allylic oxidation sites excluding steroid dienone is 10. The first-order valence-electron chi connectivity index (χ1n) is 32.3. The summed E-state index contributed by atoms with van der Waals surface area (Å²) in [7, 11) is 0. The maximum Gasteiger partial charge on any atom is 0.306 e. The molecule has 0 saturated carbocycles. The van der Waals surface area contributed by atoms with Gasteiger partial charge in [0, 0.05) is 19.3 Å². The van der Waals surface area contributed by atoms with Gasteiger partial charge >= 0.3 is 17.9 Å². The average Bonchev–Trinajstić information content (AvgIpc) is 3.40.